The summed E-state index contributed by atoms with van der Waals surface area (Å²) >= 11 is 0. The number of hydrogen-bond acceptors (Lipinski definition) is 3. The van der Waals surface area contributed by atoms with Crippen LogP contribution in [0.25, 0.3) is 11.1 Å². The number of benzene rings is 3. The molecule has 3 aromatic rings. The summed E-state index contributed by atoms with van der Waals surface area (Å²) in [6, 6.07) is 18.6. The predicted octanol–water partition coefficient (Wildman–Crippen LogP) is 7.98. The van der Waals surface area contributed by atoms with Crippen LogP contribution in [0, 0.1) is 11.7 Å². The van der Waals surface area contributed by atoms with Crippen LogP contribution >= 0.6 is 0 Å². The van der Waals surface area contributed by atoms with Crippen LogP contribution in [0.5, 0.6) is 11.5 Å². The summed E-state index contributed by atoms with van der Waals surface area (Å²) in [5.41, 5.74) is 4.18. The number of carbonyl (C=O) groups is 1. The van der Waals surface area contributed by atoms with E-state index in [2.05, 4.69) is 20.8 Å². The van der Waals surface area contributed by atoms with Crippen molar-refractivity contribution < 1.29 is 23.8 Å². The fourth-order valence-corrected chi connectivity index (χ4v) is 4.62. The van der Waals surface area contributed by atoms with Crippen LogP contribution in [0.15, 0.2) is 60.7 Å². The minimum atomic E-state index is -0.760. The van der Waals surface area contributed by atoms with Gasteiger partial charge in [0, 0.05) is 5.56 Å². The molecule has 4 nitrogen and oxygen atoms in total. The number of aliphatic carboxylic acids is 1. The van der Waals surface area contributed by atoms with Crippen molar-refractivity contribution in [2.24, 2.45) is 5.92 Å². The van der Waals surface area contributed by atoms with E-state index in [0.29, 0.717) is 29.6 Å². The largest absolute Gasteiger partial charge is 0.497 e. The van der Waals surface area contributed by atoms with Crippen LogP contribution in [-0.4, -0.2) is 18.2 Å². The van der Waals surface area contributed by atoms with Crippen molar-refractivity contribution in [3.05, 3.63) is 83.2 Å². The molecule has 36 heavy (non-hydrogen) atoms. The van der Waals surface area contributed by atoms with Gasteiger partial charge in [-0.3, -0.25) is 4.79 Å². The van der Waals surface area contributed by atoms with E-state index in [1.165, 1.54) is 6.07 Å². The maximum Gasteiger partial charge on any atom is 0.303 e. The summed E-state index contributed by atoms with van der Waals surface area (Å²) in [6.07, 6.45) is 2.35. The van der Waals surface area contributed by atoms with E-state index < -0.39 is 5.97 Å². The molecule has 1 saturated carbocycles. The first-order valence-corrected chi connectivity index (χ1v) is 12.1. The zero-order valence-electron chi connectivity index (χ0n) is 20.8. The lowest BCUT2D eigenvalue weighted by molar-refractivity contribution is -0.137. The van der Waals surface area contributed by atoms with E-state index in [4.69, 9.17) is 9.47 Å². The third-order valence-corrected chi connectivity index (χ3v) is 6.66. The maximum atomic E-state index is 14.9. The molecule has 4 rings (SSSR count). The highest BCUT2D eigenvalue weighted by Gasteiger charge is 2.33. The summed E-state index contributed by atoms with van der Waals surface area (Å²) in [6.45, 7) is 6.67. The first-order chi connectivity index (χ1) is 16.7. The SMILES string of the molecule is C.COc1ccc(F)c(-c2cc(COc3ccc([C@@H](CC(=O)O)C4CC4)cc3)ccc2C(C)(C)C)c1. The number of methoxy groups -OCH3 is 1. The molecule has 0 radical (unpaired) electrons. The Hall–Kier alpha value is -3.34. The van der Waals surface area contributed by atoms with Crippen LogP contribution < -0.4 is 9.47 Å². The Labute approximate surface area is 214 Å². The van der Waals surface area contributed by atoms with Crippen molar-refractivity contribution in [1.82, 2.24) is 0 Å². The highest BCUT2D eigenvalue weighted by molar-refractivity contribution is 5.71. The molecule has 192 valence electrons. The van der Waals surface area contributed by atoms with Gasteiger partial charge >= 0.3 is 5.97 Å². The van der Waals surface area contributed by atoms with E-state index in [1.54, 1.807) is 19.2 Å². The lowest BCUT2D eigenvalue weighted by Crippen LogP contribution is -2.13. The van der Waals surface area contributed by atoms with Crippen molar-refractivity contribution in [1.29, 1.82) is 0 Å². The summed E-state index contributed by atoms with van der Waals surface area (Å²) in [7, 11) is 1.58. The van der Waals surface area contributed by atoms with Crippen molar-refractivity contribution in [3.63, 3.8) is 0 Å². The maximum absolute atomic E-state index is 14.9. The normalized spacial score (nSPS) is 14.0. The zero-order valence-corrected chi connectivity index (χ0v) is 20.8. The van der Waals surface area contributed by atoms with E-state index in [1.807, 2.05) is 42.5 Å². The quantitative estimate of drug-likeness (QED) is 0.329. The Balaban J connectivity index is 0.00000361. The molecule has 3 aromatic carbocycles. The molecule has 1 atom stereocenters. The Bertz CT molecular complexity index is 1190. The number of rotatable bonds is 9. The molecule has 0 bridgehead atoms. The van der Waals surface area contributed by atoms with E-state index in [0.717, 1.165) is 35.1 Å². The van der Waals surface area contributed by atoms with Gasteiger partial charge in [-0.15, -0.1) is 0 Å². The molecule has 1 N–H and O–H groups in total. The van der Waals surface area contributed by atoms with Gasteiger partial charge in [-0.05, 0) is 88.7 Å². The van der Waals surface area contributed by atoms with Gasteiger partial charge in [-0.2, -0.15) is 0 Å². The Morgan fingerprint density at radius 2 is 1.67 bits per heavy atom. The summed E-state index contributed by atoms with van der Waals surface area (Å²) < 4.78 is 26.2. The van der Waals surface area contributed by atoms with E-state index in [9.17, 15) is 14.3 Å². The summed E-state index contributed by atoms with van der Waals surface area (Å²) in [5.74, 6) is 0.796. The lowest BCUT2D eigenvalue weighted by Gasteiger charge is -2.24. The van der Waals surface area contributed by atoms with Gasteiger partial charge in [0.25, 0.3) is 0 Å². The molecule has 0 aliphatic heterocycles. The average molecular weight is 493 g/mol. The molecule has 0 heterocycles. The molecule has 0 unspecified atom stereocenters. The van der Waals surface area contributed by atoms with Crippen LogP contribution in [0.4, 0.5) is 4.39 Å². The number of hydrogen-bond donors (Lipinski definition) is 1. The second kappa shape index (κ2) is 11.2. The standard InChI is InChI=1S/C30H33FO4.CH4/c1-30(2,3)27-13-5-19(15-25(27)26-16-23(34-4)12-14-28(26)31)18-35-22-10-8-21(9-11-22)24(17-29(32)33)20-6-7-20;/h5,8-16,20,24H,6-7,17-18H2,1-4H3,(H,32,33);1H4/t24-;/m0./s1. The van der Waals surface area contributed by atoms with Gasteiger partial charge < -0.3 is 14.6 Å². The average Bonchev–Trinajstić information content (AvgIpc) is 3.66. The molecule has 1 aliphatic rings. The summed E-state index contributed by atoms with van der Waals surface area (Å²) in [4.78, 5) is 11.3. The fourth-order valence-electron chi connectivity index (χ4n) is 4.62. The highest BCUT2D eigenvalue weighted by Crippen LogP contribution is 2.44. The van der Waals surface area contributed by atoms with Gasteiger partial charge in [-0.1, -0.05) is 52.5 Å². The van der Waals surface area contributed by atoms with Gasteiger partial charge in [0.1, 0.15) is 23.9 Å². The van der Waals surface area contributed by atoms with Gasteiger partial charge in [0.2, 0.25) is 0 Å². The van der Waals surface area contributed by atoms with Crippen LogP contribution in [0.2, 0.25) is 0 Å². The molecular weight excluding hydrogens is 455 g/mol. The minimum Gasteiger partial charge on any atom is -0.497 e. The van der Waals surface area contributed by atoms with Crippen LogP contribution in [0.1, 0.15) is 70.1 Å². The van der Waals surface area contributed by atoms with Crippen molar-refractivity contribution >= 4 is 5.97 Å². The zero-order chi connectivity index (χ0) is 25.2. The van der Waals surface area contributed by atoms with Crippen molar-refractivity contribution in [3.8, 4) is 22.6 Å². The summed E-state index contributed by atoms with van der Waals surface area (Å²) in [5, 5.41) is 9.25. The topological polar surface area (TPSA) is 55.8 Å². The number of ether oxygens (including phenoxy) is 2. The predicted molar refractivity (Wildman–Crippen MR) is 142 cm³/mol. The van der Waals surface area contributed by atoms with E-state index >= 15 is 0 Å². The van der Waals surface area contributed by atoms with Gasteiger partial charge in [0.15, 0.2) is 0 Å². The molecule has 0 aromatic heterocycles. The number of halogens is 1. The fraction of sp³-hybridized carbons (Fsp3) is 0.387. The lowest BCUT2D eigenvalue weighted by atomic mass is 9.81. The third-order valence-electron chi connectivity index (χ3n) is 6.66. The molecule has 5 heteroatoms. The Morgan fingerprint density at radius 1 is 1.00 bits per heavy atom. The smallest absolute Gasteiger partial charge is 0.303 e. The Morgan fingerprint density at radius 3 is 2.25 bits per heavy atom. The molecule has 0 spiro atoms. The molecule has 1 fully saturated rings. The molecular formula is C31H37FO4. The van der Waals surface area contributed by atoms with E-state index in [-0.39, 0.29) is 31.0 Å². The number of carboxylic acids is 1. The molecule has 1 aliphatic carbocycles. The van der Waals surface area contributed by atoms with Crippen molar-refractivity contribution in [2.45, 2.75) is 65.4 Å². The molecule has 0 saturated heterocycles. The second-order valence-electron chi connectivity index (χ2n) is 10.4. The van der Waals surface area contributed by atoms with Gasteiger partial charge in [-0.25, -0.2) is 4.39 Å². The monoisotopic (exact) mass is 492 g/mol. The van der Waals surface area contributed by atoms with Crippen molar-refractivity contribution in [2.75, 3.05) is 7.11 Å². The number of carboxylic acid groups (broad SMARTS) is 1. The van der Waals surface area contributed by atoms with Crippen LogP contribution in [0.3, 0.4) is 0 Å². The highest BCUT2D eigenvalue weighted by atomic mass is 19.1. The minimum absolute atomic E-state index is 0. The molecule has 0 amide bonds. The third kappa shape index (κ3) is 6.45. The first-order valence-electron chi connectivity index (χ1n) is 12.1. The van der Waals surface area contributed by atoms with Crippen LogP contribution in [-0.2, 0) is 16.8 Å². The van der Waals surface area contributed by atoms with Gasteiger partial charge in [0.05, 0.1) is 13.5 Å². The second-order valence-corrected chi connectivity index (χ2v) is 10.4. The first kappa shape index (κ1) is 27.3. The Kier molecular flexibility index (Phi) is 8.44.